The van der Waals surface area contributed by atoms with Crippen molar-refractivity contribution in [2.24, 2.45) is 16.8 Å². The quantitative estimate of drug-likeness (QED) is 0.477. The van der Waals surface area contributed by atoms with Crippen LogP contribution in [0.25, 0.3) is 21.9 Å². The molecule has 2 aliphatic heterocycles. The molecule has 0 radical (unpaired) electrons. The highest BCUT2D eigenvalue weighted by molar-refractivity contribution is 6.31. The number of carbonyl (C=O) groups is 2. The Morgan fingerprint density at radius 2 is 1.69 bits per heavy atom. The van der Waals surface area contributed by atoms with Gasteiger partial charge in [-0.15, -0.1) is 0 Å². The molecule has 1 spiro atoms. The number of carbonyl (C=O) groups excluding carboxylic acids is 2. The molecule has 4 aliphatic rings. The fourth-order valence-electron chi connectivity index (χ4n) is 5.46. The van der Waals surface area contributed by atoms with E-state index in [9.17, 15) is 9.59 Å². The fraction of sp³-hybridized carbons (Fsp3) is 0.345. The van der Waals surface area contributed by atoms with E-state index in [1.165, 1.54) is 6.07 Å². The van der Waals surface area contributed by atoms with E-state index in [2.05, 4.69) is 0 Å². The second-order valence-electron chi connectivity index (χ2n) is 10.7. The average molecular weight is 502 g/mol. The van der Waals surface area contributed by atoms with E-state index in [0.29, 0.717) is 48.9 Å². The Hall–Kier alpha value is -3.25. The summed E-state index contributed by atoms with van der Waals surface area (Å²) in [5, 5.41) is 2.74. The fourth-order valence-corrected chi connectivity index (χ4v) is 5.64. The Kier molecular flexibility index (Phi) is 4.81. The van der Waals surface area contributed by atoms with E-state index in [1.807, 2.05) is 47.4 Å². The number of aliphatic imine (C=N–C) groups is 1. The lowest BCUT2D eigenvalue weighted by Crippen LogP contribution is -2.55. The summed E-state index contributed by atoms with van der Waals surface area (Å²) in [6.45, 7) is 1.80. The minimum Gasteiger partial charge on any atom is -0.342 e. The van der Waals surface area contributed by atoms with Crippen LogP contribution in [-0.2, 0) is 9.59 Å². The first-order valence-corrected chi connectivity index (χ1v) is 13.0. The summed E-state index contributed by atoms with van der Waals surface area (Å²) in [7, 11) is 0. The van der Waals surface area contributed by atoms with Gasteiger partial charge in [0.25, 0.3) is 5.91 Å². The molecule has 3 aromatic carbocycles. The van der Waals surface area contributed by atoms with Crippen LogP contribution in [0.1, 0.15) is 31.2 Å². The average Bonchev–Trinajstić information content (AvgIpc) is 3.76. The van der Waals surface area contributed by atoms with Gasteiger partial charge in [-0.2, -0.15) is 0 Å². The van der Waals surface area contributed by atoms with Gasteiger partial charge in [0.1, 0.15) is 17.2 Å². The van der Waals surface area contributed by atoms with E-state index < -0.39 is 11.4 Å². The van der Waals surface area contributed by atoms with Gasteiger partial charge in [0, 0.05) is 36.5 Å². The number of likely N-dealkylation sites (tertiary alicyclic amines) is 1. The zero-order valence-electron chi connectivity index (χ0n) is 19.7. The molecular weight excluding hydrogens is 477 g/mol. The lowest BCUT2D eigenvalue weighted by molar-refractivity contribution is -0.139. The van der Waals surface area contributed by atoms with Crippen molar-refractivity contribution in [2.75, 3.05) is 19.6 Å². The second kappa shape index (κ2) is 7.87. The summed E-state index contributed by atoms with van der Waals surface area (Å²) in [4.78, 5) is 33.8. The third-order valence-corrected chi connectivity index (χ3v) is 8.16. The molecule has 1 saturated heterocycles. The first kappa shape index (κ1) is 22.0. The molecule has 2 aliphatic carbocycles. The minimum atomic E-state index is -0.701. The lowest BCUT2D eigenvalue weighted by atomic mass is 9.97. The molecule has 0 unspecified atom stereocenters. The van der Waals surface area contributed by atoms with Crippen LogP contribution in [0.3, 0.4) is 0 Å². The molecule has 5 nitrogen and oxygen atoms in total. The first-order valence-electron chi connectivity index (χ1n) is 12.6. The molecule has 0 N–H and O–H groups in total. The van der Waals surface area contributed by atoms with Gasteiger partial charge in [-0.3, -0.25) is 19.5 Å². The largest absolute Gasteiger partial charge is 0.342 e. The van der Waals surface area contributed by atoms with E-state index >= 15 is 4.39 Å². The molecule has 0 atom stereocenters. The van der Waals surface area contributed by atoms with Gasteiger partial charge in [0.2, 0.25) is 5.91 Å². The highest BCUT2D eigenvalue weighted by Crippen LogP contribution is 2.46. The Balaban J connectivity index is 1.14. The van der Waals surface area contributed by atoms with Crippen molar-refractivity contribution in [1.29, 1.82) is 0 Å². The third kappa shape index (κ3) is 3.62. The van der Waals surface area contributed by atoms with Crippen LogP contribution < -0.4 is 0 Å². The van der Waals surface area contributed by atoms with Gasteiger partial charge >= 0.3 is 0 Å². The van der Waals surface area contributed by atoms with Gasteiger partial charge in [-0.25, -0.2) is 4.39 Å². The normalized spacial score (nSPS) is 20.7. The number of hydrogen-bond donors (Lipinski definition) is 0. The van der Waals surface area contributed by atoms with Crippen LogP contribution in [0, 0.1) is 17.7 Å². The van der Waals surface area contributed by atoms with Crippen molar-refractivity contribution >= 4 is 40.0 Å². The molecule has 3 fully saturated rings. The molecule has 0 aromatic heterocycles. The lowest BCUT2D eigenvalue weighted by Gasteiger charge is -2.41. The Labute approximate surface area is 213 Å². The van der Waals surface area contributed by atoms with Crippen LogP contribution in [0.2, 0.25) is 5.02 Å². The summed E-state index contributed by atoms with van der Waals surface area (Å²) in [6.07, 6.45) is 3.41. The molecule has 7 heteroatoms. The predicted molar refractivity (Wildman–Crippen MR) is 137 cm³/mol. The third-order valence-electron chi connectivity index (χ3n) is 7.92. The zero-order chi connectivity index (χ0) is 24.6. The number of amidine groups is 1. The van der Waals surface area contributed by atoms with E-state index in [0.717, 1.165) is 34.7 Å². The van der Waals surface area contributed by atoms with Crippen molar-refractivity contribution in [2.45, 2.75) is 31.2 Å². The molecule has 3 aromatic rings. The maximum atomic E-state index is 15.5. The first-order chi connectivity index (χ1) is 17.4. The van der Waals surface area contributed by atoms with Gasteiger partial charge in [-0.1, -0.05) is 35.9 Å². The van der Waals surface area contributed by atoms with E-state index in [4.69, 9.17) is 16.6 Å². The highest BCUT2D eigenvalue weighted by Gasteiger charge is 2.58. The van der Waals surface area contributed by atoms with Gasteiger partial charge in [-0.05, 0) is 77.9 Å². The number of halogens is 2. The van der Waals surface area contributed by atoms with Crippen molar-refractivity contribution in [3.63, 3.8) is 0 Å². The van der Waals surface area contributed by atoms with E-state index in [-0.39, 0.29) is 23.7 Å². The summed E-state index contributed by atoms with van der Waals surface area (Å²) in [5.74, 6) is 0.660. The van der Waals surface area contributed by atoms with Crippen LogP contribution in [0.15, 0.2) is 59.6 Å². The summed E-state index contributed by atoms with van der Waals surface area (Å²) in [6, 6.07) is 16.8. The maximum absolute atomic E-state index is 15.5. The van der Waals surface area contributed by atoms with Crippen LogP contribution >= 0.6 is 11.6 Å². The standard InChI is InChI=1S/C29H25ClFN3O2/c30-23-7-5-20-11-19(3-4-21(20)12-23)22-6-8-24(25(31)13-22)26-32-29(9-10-29)28(36)34(26)16-17-14-33(15-17)27(35)18-1-2-18/h3-8,11-13,17-18H,1-2,9-10,14-16H2. The number of nitrogens with zero attached hydrogens (tertiary/aromatic N) is 3. The summed E-state index contributed by atoms with van der Waals surface area (Å²) in [5.41, 5.74) is 1.32. The van der Waals surface area contributed by atoms with Crippen molar-refractivity contribution in [3.8, 4) is 11.1 Å². The Bertz CT molecular complexity index is 1470. The maximum Gasteiger partial charge on any atom is 0.256 e. The minimum absolute atomic E-state index is 0.0267. The van der Waals surface area contributed by atoms with Crippen molar-refractivity contribution in [1.82, 2.24) is 9.80 Å². The predicted octanol–water partition coefficient (Wildman–Crippen LogP) is 5.29. The molecule has 2 amide bonds. The summed E-state index contributed by atoms with van der Waals surface area (Å²) >= 11 is 6.10. The SMILES string of the molecule is O=C(C1CC1)N1CC(CN2C(=O)C3(CC3)N=C2c2ccc(-c3ccc4cc(Cl)ccc4c3)cc2F)C1. The smallest absolute Gasteiger partial charge is 0.256 e. The number of fused-ring (bicyclic) bond motifs is 1. The van der Waals surface area contributed by atoms with Gasteiger partial charge < -0.3 is 4.90 Å². The number of hydrogen-bond acceptors (Lipinski definition) is 3. The molecule has 0 bridgehead atoms. The van der Waals surface area contributed by atoms with Crippen LogP contribution in [-0.4, -0.2) is 52.6 Å². The monoisotopic (exact) mass is 501 g/mol. The van der Waals surface area contributed by atoms with Crippen molar-refractivity contribution < 1.29 is 14.0 Å². The highest BCUT2D eigenvalue weighted by atomic mass is 35.5. The summed E-state index contributed by atoms with van der Waals surface area (Å²) < 4.78 is 15.5. The zero-order valence-corrected chi connectivity index (χ0v) is 20.5. The Morgan fingerprint density at radius 3 is 2.42 bits per heavy atom. The van der Waals surface area contributed by atoms with E-state index in [1.54, 1.807) is 11.0 Å². The van der Waals surface area contributed by atoms with Gasteiger partial charge in [0.15, 0.2) is 0 Å². The molecule has 2 saturated carbocycles. The van der Waals surface area contributed by atoms with Crippen LogP contribution in [0.4, 0.5) is 4.39 Å². The number of benzene rings is 3. The van der Waals surface area contributed by atoms with Gasteiger partial charge in [0.05, 0.1) is 5.56 Å². The molecule has 36 heavy (non-hydrogen) atoms. The van der Waals surface area contributed by atoms with Crippen molar-refractivity contribution in [3.05, 3.63) is 71.0 Å². The molecule has 182 valence electrons. The number of rotatable bonds is 5. The topological polar surface area (TPSA) is 53.0 Å². The number of amides is 2. The van der Waals surface area contributed by atoms with Crippen LogP contribution in [0.5, 0.6) is 0 Å². The Morgan fingerprint density at radius 1 is 1.00 bits per heavy atom. The molecular formula is C29H25ClFN3O2. The second-order valence-corrected chi connectivity index (χ2v) is 11.1. The molecule has 7 rings (SSSR count). The molecule has 2 heterocycles.